The van der Waals surface area contributed by atoms with E-state index in [0.29, 0.717) is 36.8 Å². The lowest BCUT2D eigenvalue weighted by Gasteiger charge is -2.16. The molecule has 0 bridgehead atoms. The standard InChI is InChI=1S/C27H30O6/c1-5-16(4)9-11-20-25(31)19(8-6-7-15(2)3)26(32)24-22(30)14-23(33-27(20)24)18-12-10-17(28)13-21(18)29/h5,7,10,12-14,28-29,31-32H,6,8-9,11H2,1-4H3. The Morgan fingerprint density at radius 2 is 1.70 bits per heavy atom. The summed E-state index contributed by atoms with van der Waals surface area (Å²) in [5.74, 6) is -0.674. The van der Waals surface area contributed by atoms with Gasteiger partial charge in [-0.05, 0) is 65.5 Å². The lowest BCUT2D eigenvalue weighted by Crippen LogP contribution is -2.06. The number of phenols is 4. The maximum absolute atomic E-state index is 13.1. The van der Waals surface area contributed by atoms with Gasteiger partial charge in [0.2, 0.25) is 0 Å². The van der Waals surface area contributed by atoms with Crippen molar-refractivity contribution >= 4 is 11.0 Å². The molecule has 0 aliphatic carbocycles. The van der Waals surface area contributed by atoms with Crippen LogP contribution in [-0.2, 0) is 12.8 Å². The van der Waals surface area contributed by atoms with Gasteiger partial charge < -0.3 is 24.8 Å². The molecule has 0 radical (unpaired) electrons. The van der Waals surface area contributed by atoms with Crippen molar-refractivity contribution in [3.05, 3.63) is 68.9 Å². The van der Waals surface area contributed by atoms with Gasteiger partial charge in [0.15, 0.2) is 5.43 Å². The minimum Gasteiger partial charge on any atom is -0.508 e. The Hall–Kier alpha value is -3.67. The maximum atomic E-state index is 13.1. The summed E-state index contributed by atoms with van der Waals surface area (Å²) in [4.78, 5) is 13.1. The normalized spacial score (nSPS) is 11.7. The first-order chi connectivity index (χ1) is 15.6. The predicted molar refractivity (Wildman–Crippen MR) is 130 cm³/mol. The highest BCUT2D eigenvalue weighted by molar-refractivity contribution is 5.91. The molecule has 0 aliphatic rings. The Morgan fingerprint density at radius 1 is 0.970 bits per heavy atom. The lowest BCUT2D eigenvalue weighted by molar-refractivity contribution is 0.435. The smallest absolute Gasteiger partial charge is 0.197 e. The molecule has 0 aliphatic heterocycles. The first-order valence-corrected chi connectivity index (χ1v) is 10.9. The van der Waals surface area contributed by atoms with Gasteiger partial charge in [-0.25, -0.2) is 0 Å². The molecule has 1 heterocycles. The minimum absolute atomic E-state index is 0.00940. The Balaban J connectivity index is 2.28. The topological polar surface area (TPSA) is 111 Å². The minimum atomic E-state index is -0.483. The third-order valence-electron chi connectivity index (χ3n) is 5.77. The van der Waals surface area contributed by atoms with Crippen molar-refractivity contribution in [2.45, 2.75) is 53.4 Å². The van der Waals surface area contributed by atoms with Crippen LogP contribution in [0, 0.1) is 0 Å². The highest BCUT2D eigenvalue weighted by Gasteiger charge is 2.23. The van der Waals surface area contributed by atoms with E-state index in [1.165, 1.54) is 18.2 Å². The molecule has 4 N–H and O–H groups in total. The fraction of sp³-hybridized carbons (Fsp3) is 0.296. The van der Waals surface area contributed by atoms with Gasteiger partial charge in [0.1, 0.15) is 39.7 Å². The van der Waals surface area contributed by atoms with Crippen molar-refractivity contribution in [3.8, 4) is 34.3 Å². The monoisotopic (exact) mass is 450 g/mol. The first kappa shape index (κ1) is 24.0. The number of aryl methyl sites for hydroxylation is 1. The van der Waals surface area contributed by atoms with Crippen LogP contribution in [0.1, 0.15) is 51.7 Å². The van der Waals surface area contributed by atoms with Gasteiger partial charge >= 0.3 is 0 Å². The van der Waals surface area contributed by atoms with Crippen LogP contribution < -0.4 is 5.43 Å². The molecule has 3 aromatic rings. The zero-order valence-electron chi connectivity index (χ0n) is 19.4. The lowest BCUT2D eigenvalue weighted by atomic mass is 9.94. The van der Waals surface area contributed by atoms with Crippen LogP contribution in [0.3, 0.4) is 0 Å². The summed E-state index contributed by atoms with van der Waals surface area (Å²) in [6.07, 6.45) is 6.00. The zero-order chi connectivity index (χ0) is 24.3. The van der Waals surface area contributed by atoms with Gasteiger partial charge in [-0.15, -0.1) is 0 Å². The van der Waals surface area contributed by atoms with E-state index in [4.69, 9.17) is 4.42 Å². The summed E-state index contributed by atoms with van der Waals surface area (Å²) < 4.78 is 6.01. The van der Waals surface area contributed by atoms with Crippen molar-refractivity contribution < 1.29 is 24.8 Å². The van der Waals surface area contributed by atoms with Gasteiger partial charge in [0.25, 0.3) is 0 Å². The SMILES string of the molecule is CC=C(C)CCc1c(O)c(CCC=C(C)C)c(O)c2c(=O)cc(-c3ccc(O)cc3O)oc12. The summed E-state index contributed by atoms with van der Waals surface area (Å²) in [6.45, 7) is 7.85. The Bertz CT molecular complexity index is 1310. The van der Waals surface area contributed by atoms with E-state index in [9.17, 15) is 25.2 Å². The number of hydrogen-bond acceptors (Lipinski definition) is 6. The van der Waals surface area contributed by atoms with E-state index < -0.39 is 5.43 Å². The van der Waals surface area contributed by atoms with Crippen molar-refractivity contribution in [2.75, 3.05) is 0 Å². The second-order valence-corrected chi connectivity index (χ2v) is 8.49. The molecule has 0 unspecified atom stereocenters. The van der Waals surface area contributed by atoms with E-state index in [1.807, 2.05) is 39.8 Å². The molecular weight excluding hydrogens is 420 g/mol. The quantitative estimate of drug-likeness (QED) is 0.325. The van der Waals surface area contributed by atoms with E-state index in [1.54, 1.807) is 0 Å². The molecule has 0 saturated heterocycles. The number of rotatable bonds is 7. The summed E-state index contributed by atoms with van der Waals surface area (Å²) in [6, 6.07) is 5.16. The predicted octanol–water partition coefficient (Wildman–Crippen LogP) is 6.08. The van der Waals surface area contributed by atoms with Crippen molar-refractivity contribution in [2.24, 2.45) is 0 Å². The second-order valence-electron chi connectivity index (χ2n) is 8.49. The Kier molecular flexibility index (Phi) is 7.16. The van der Waals surface area contributed by atoms with Crippen LogP contribution in [0.25, 0.3) is 22.3 Å². The molecule has 0 atom stereocenters. The molecule has 0 fully saturated rings. The highest BCUT2D eigenvalue weighted by atomic mass is 16.3. The van der Waals surface area contributed by atoms with Gasteiger partial charge in [-0.1, -0.05) is 23.3 Å². The van der Waals surface area contributed by atoms with Crippen LogP contribution in [0.15, 0.2) is 56.8 Å². The van der Waals surface area contributed by atoms with Gasteiger partial charge in [-0.3, -0.25) is 4.79 Å². The molecule has 6 nitrogen and oxygen atoms in total. The van der Waals surface area contributed by atoms with Crippen molar-refractivity contribution in [1.29, 1.82) is 0 Å². The fourth-order valence-electron chi connectivity index (χ4n) is 3.78. The van der Waals surface area contributed by atoms with Crippen molar-refractivity contribution in [3.63, 3.8) is 0 Å². The molecule has 0 saturated carbocycles. The van der Waals surface area contributed by atoms with E-state index in [0.717, 1.165) is 17.2 Å². The number of hydrogen-bond donors (Lipinski definition) is 4. The average Bonchev–Trinajstić information content (AvgIpc) is 2.75. The average molecular weight is 451 g/mol. The van der Waals surface area contributed by atoms with Gasteiger partial charge in [-0.2, -0.15) is 0 Å². The molecule has 0 amide bonds. The summed E-state index contributed by atoms with van der Waals surface area (Å²) in [7, 11) is 0. The third-order valence-corrected chi connectivity index (χ3v) is 5.77. The van der Waals surface area contributed by atoms with E-state index >= 15 is 0 Å². The molecule has 33 heavy (non-hydrogen) atoms. The second kappa shape index (κ2) is 9.86. The number of allylic oxidation sites excluding steroid dienone is 4. The molecule has 0 spiro atoms. The molecule has 174 valence electrons. The first-order valence-electron chi connectivity index (χ1n) is 10.9. The molecule has 6 heteroatoms. The number of phenolic OH excluding ortho intramolecular Hbond substituents is 4. The number of aromatic hydroxyl groups is 4. The highest BCUT2D eigenvalue weighted by Crippen LogP contribution is 2.42. The Labute approximate surface area is 192 Å². The van der Waals surface area contributed by atoms with E-state index in [-0.39, 0.29) is 45.3 Å². The van der Waals surface area contributed by atoms with Crippen LogP contribution in [0.2, 0.25) is 0 Å². The summed E-state index contributed by atoms with van der Waals surface area (Å²) >= 11 is 0. The van der Waals surface area contributed by atoms with E-state index in [2.05, 4.69) is 0 Å². The summed E-state index contributed by atoms with van der Waals surface area (Å²) in [5, 5.41) is 41.9. The molecule has 1 aromatic heterocycles. The van der Waals surface area contributed by atoms with Crippen LogP contribution in [0.4, 0.5) is 0 Å². The fourth-order valence-corrected chi connectivity index (χ4v) is 3.78. The number of benzene rings is 2. The maximum Gasteiger partial charge on any atom is 0.197 e. The van der Waals surface area contributed by atoms with Crippen LogP contribution in [0.5, 0.6) is 23.0 Å². The van der Waals surface area contributed by atoms with Gasteiger partial charge in [0.05, 0.1) is 5.56 Å². The molecular formula is C27H30O6. The molecule has 3 rings (SSSR count). The van der Waals surface area contributed by atoms with Crippen LogP contribution >= 0.6 is 0 Å². The van der Waals surface area contributed by atoms with Crippen molar-refractivity contribution in [1.82, 2.24) is 0 Å². The molecule has 2 aromatic carbocycles. The summed E-state index contributed by atoms with van der Waals surface area (Å²) in [5.41, 5.74) is 2.81. The number of fused-ring (bicyclic) bond motifs is 1. The largest absolute Gasteiger partial charge is 0.508 e. The third kappa shape index (κ3) is 5.06. The zero-order valence-corrected chi connectivity index (χ0v) is 19.4. The Morgan fingerprint density at radius 3 is 2.33 bits per heavy atom. The van der Waals surface area contributed by atoms with Gasteiger partial charge in [0, 0.05) is 23.3 Å². The van der Waals surface area contributed by atoms with Crippen LogP contribution in [-0.4, -0.2) is 20.4 Å².